The first-order valence-electron chi connectivity index (χ1n) is 12.8. The molecule has 0 aliphatic carbocycles. The van der Waals surface area contributed by atoms with E-state index >= 15 is 0 Å². The third-order valence-corrected chi connectivity index (χ3v) is 8.17. The molecule has 0 unspecified atom stereocenters. The van der Waals surface area contributed by atoms with Crippen LogP contribution in [0.4, 0.5) is 10.1 Å². The summed E-state index contributed by atoms with van der Waals surface area (Å²) in [5, 5.41) is 7.63. The Bertz CT molecular complexity index is 1850. The third kappa shape index (κ3) is 6.42. The molecule has 0 saturated heterocycles. The molecule has 8 nitrogen and oxygen atoms in total. The first-order chi connectivity index (χ1) is 20.4. The third-order valence-electron chi connectivity index (χ3n) is 6.03. The maximum atomic E-state index is 13.5. The molecule has 1 amide bonds. The zero-order chi connectivity index (χ0) is 29.6. The standard InChI is InChI=1S/C31H23Br2FN4O4/c1-2-41-25-16-20(27(32)28(33)29(25)42-18-26(39)36-22-14-12-21(34)13-15-22)17-35-38-30(19-8-4-3-5-9-19)37-24-11-7-6-10-23(24)31(38)40/h3-17H,2,18H2,1H3,(H,36,39). The minimum atomic E-state index is -0.436. The Morgan fingerprint density at radius 1 is 1.00 bits per heavy atom. The van der Waals surface area contributed by atoms with Crippen molar-refractivity contribution in [1.82, 2.24) is 9.66 Å². The molecule has 1 heterocycles. The summed E-state index contributed by atoms with van der Waals surface area (Å²) >= 11 is 7.10. The van der Waals surface area contributed by atoms with Gasteiger partial charge in [0.2, 0.25) is 0 Å². The second kappa shape index (κ2) is 13.1. The molecular weight excluding hydrogens is 671 g/mol. The Morgan fingerprint density at radius 2 is 1.71 bits per heavy atom. The van der Waals surface area contributed by atoms with Crippen molar-refractivity contribution >= 4 is 60.6 Å². The van der Waals surface area contributed by atoms with Gasteiger partial charge < -0.3 is 14.8 Å². The molecule has 0 aliphatic heterocycles. The van der Waals surface area contributed by atoms with E-state index in [0.29, 0.717) is 55.0 Å². The Balaban J connectivity index is 1.48. The van der Waals surface area contributed by atoms with Crippen LogP contribution < -0.4 is 20.3 Å². The number of hydrogen-bond acceptors (Lipinski definition) is 6. The van der Waals surface area contributed by atoms with Crippen LogP contribution in [0.1, 0.15) is 12.5 Å². The second-order valence-corrected chi connectivity index (χ2v) is 10.5. The molecule has 1 aromatic heterocycles. The average molecular weight is 694 g/mol. The number of ether oxygens (including phenoxy) is 2. The van der Waals surface area contributed by atoms with Crippen molar-refractivity contribution in [3.8, 4) is 22.9 Å². The number of anilines is 1. The van der Waals surface area contributed by atoms with Gasteiger partial charge in [-0.1, -0.05) is 42.5 Å². The minimum absolute atomic E-state index is 0.296. The van der Waals surface area contributed by atoms with E-state index in [-0.39, 0.29) is 12.2 Å². The van der Waals surface area contributed by atoms with Crippen LogP contribution in [0.5, 0.6) is 11.5 Å². The molecule has 0 fully saturated rings. The van der Waals surface area contributed by atoms with Crippen LogP contribution >= 0.6 is 31.9 Å². The summed E-state index contributed by atoms with van der Waals surface area (Å²) in [6.07, 6.45) is 1.52. The lowest BCUT2D eigenvalue weighted by Crippen LogP contribution is -2.21. The molecule has 42 heavy (non-hydrogen) atoms. The number of hydrogen-bond donors (Lipinski definition) is 1. The summed E-state index contributed by atoms with van der Waals surface area (Å²) in [5.74, 6) is 0.207. The van der Waals surface area contributed by atoms with Gasteiger partial charge >= 0.3 is 0 Å². The van der Waals surface area contributed by atoms with Crippen LogP contribution in [0.2, 0.25) is 0 Å². The van der Waals surface area contributed by atoms with Crippen molar-refractivity contribution in [2.75, 3.05) is 18.5 Å². The highest BCUT2D eigenvalue weighted by Crippen LogP contribution is 2.42. The Kier molecular flexibility index (Phi) is 9.09. The molecule has 0 radical (unpaired) electrons. The van der Waals surface area contributed by atoms with Crippen LogP contribution in [0, 0.1) is 5.82 Å². The van der Waals surface area contributed by atoms with Crippen LogP contribution in [0.3, 0.4) is 0 Å². The number of carbonyl (C=O) groups excluding carboxylic acids is 1. The van der Waals surface area contributed by atoms with Crippen LogP contribution in [0.15, 0.2) is 104 Å². The van der Waals surface area contributed by atoms with Crippen molar-refractivity contribution < 1.29 is 18.7 Å². The summed E-state index contributed by atoms with van der Waals surface area (Å²) in [6, 6.07) is 23.6. The van der Waals surface area contributed by atoms with Crippen molar-refractivity contribution in [2.45, 2.75) is 6.92 Å². The fourth-order valence-electron chi connectivity index (χ4n) is 4.09. The molecule has 5 rings (SSSR count). The first kappa shape index (κ1) is 29.2. The van der Waals surface area contributed by atoms with Crippen molar-refractivity contribution in [3.05, 3.63) is 116 Å². The van der Waals surface area contributed by atoms with Gasteiger partial charge in [-0.05, 0) is 81.2 Å². The fourth-order valence-corrected chi connectivity index (χ4v) is 5.02. The van der Waals surface area contributed by atoms with E-state index in [0.717, 1.165) is 5.56 Å². The Hall–Kier alpha value is -4.35. The normalized spacial score (nSPS) is 11.1. The minimum Gasteiger partial charge on any atom is -0.490 e. The number of fused-ring (bicyclic) bond motifs is 1. The highest BCUT2D eigenvalue weighted by Gasteiger charge is 2.19. The molecule has 0 atom stereocenters. The van der Waals surface area contributed by atoms with Crippen LogP contribution in [-0.2, 0) is 4.79 Å². The van der Waals surface area contributed by atoms with E-state index in [1.54, 1.807) is 24.3 Å². The molecule has 1 N–H and O–H groups in total. The van der Waals surface area contributed by atoms with Crippen molar-refractivity contribution in [2.24, 2.45) is 5.10 Å². The van der Waals surface area contributed by atoms with Gasteiger partial charge in [0, 0.05) is 21.3 Å². The smallest absolute Gasteiger partial charge is 0.282 e. The summed E-state index contributed by atoms with van der Waals surface area (Å²) in [7, 11) is 0. The number of aromatic nitrogens is 2. The van der Waals surface area contributed by atoms with E-state index in [1.165, 1.54) is 35.2 Å². The summed E-state index contributed by atoms with van der Waals surface area (Å²) in [5.41, 5.74) is 2.00. The fraction of sp³-hybridized carbons (Fsp3) is 0.0968. The first-order valence-corrected chi connectivity index (χ1v) is 14.4. The Labute approximate surface area is 257 Å². The van der Waals surface area contributed by atoms with Gasteiger partial charge in [0.05, 0.1) is 28.2 Å². The molecule has 5 aromatic rings. The highest BCUT2D eigenvalue weighted by atomic mass is 79.9. The summed E-state index contributed by atoms with van der Waals surface area (Å²) in [4.78, 5) is 30.7. The molecule has 11 heteroatoms. The van der Waals surface area contributed by atoms with E-state index in [1.807, 2.05) is 43.3 Å². The zero-order valence-electron chi connectivity index (χ0n) is 22.2. The molecular formula is C31H23Br2FN4O4. The SMILES string of the molecule is CCOc1cc(C=Nn2c(-c3ccccc3)nc3ccccc3c2=O)c(Br)c(Br)c1OCC(=O)Nc1ccc(F)cc1. The lowest BCUT2D eigenvalue weighted by molar-refractivity contribution is -0.118. The molecule has 4 aromatic carbocycles. The van der Waals surface area contributed by atoms with Crippen LogP contribution in [0.25, 0.3) is 22.3 Å². The zero-order valence-corrected chi connectivity index (χ0v) is 25.4. The number of halogens is 3. The predicted octanol–water partition coefficient (Wildman–Crippen LogP) is 7.03. The van der Waals surface area contributed by atoms with Gasteiger partial charge in [-0.2, -0.15) is 9.78 Å². The van der Waals surface area contributed by atoms with Gasteiger partial charge in [-0.3, -0.25) is 9.59 Å². The number of para-hydroxylation sites is 1. The van der Waals surface area contributed by atoms with Gasteiger partial charge in [0.1, 0.15) is 5.82 Å². The number of carbonyl (C=O) groups is 1. The van der Waals surface area contributed by atoms with Gasteiger partial charge in [-0.15, -0.1) is 0 Å². The predicted molar refractivity (Wildman–Crippen MR) is 168 cm³/mol. The maximum Gasteiger partial charge on any atom is 0.282 e. The number of amides is 1. The van der Waals surface area contributed by atoms with Gasteiger partial charge in [0.25, 0.3) is 11.5 Å². The number of rotatable bonds is 9. The van der Waals surface area contributed by atoms with Gasteiger partial charge in [0.15, 0.2) is 23.9 Å². The van der Waals surface area contributed by atoms with Gasteiger partial charge in [-0.25, -0.2) is 9.37 Å². The van der Waals surface area contributed by atoms with E-state index < -0.39 is 11.7 Å². The molecule has 0 saturated carbocycles. The quantitative estimate of drug-likeness (QED) is 0.167. The average Bonchev–Trinajstić information content (AvgIpc) is 3.00. The lowest BCUT2D eigenvalue weighted by atomic mass is 10.2. The lowest BCUT2D eigenvalue weighted by Gasteiger charge is -2.16. The largest absolute Gasteiger partial charge is 0.490 e. The van der Waals surface area contributed by atoms with Crippen molar-refractivity contribution in [3.63, 3.8) is 0 Å². The topological polar surface area (TPSA) is 94.8 Å². The highest BCUT2D eigenvalue weighted by molar-refractivity contribution is 9.13. The van der Waals surface area contributed by atoms with E-state index in [2.05, 4.69) is 42.3 Å². The molecule has 0 aliphatic rings. The molecule has 0 bridgehead atoms. The summed E-state index contributed by atoms with van der Waals surface area (Å²) in [6.45, 7) is 1.82. The molecule has 212 valence electrons. The van der Waals surface area contributed by atoms with Crippen molar-refractivity contribution in [1.29, 1.82) is 0 Å². The van der Waals surface area contributed by atoms with E-state index in [9.17, 15) is 14.0 Å². The number of nitrogens with one attached hydrogen (secondary N) is 1. The van der Waals surface area contributed by atoms with E-state index in [4.69, 9.17) is 14.5 Å². The second-order valence-electron chi connectivity index (χ2n) is 8.88. The van der Waals surface area contributed by atoms with Crippen LogP contribution in [-0.4, -0.2) is 35.0 Å². The monoisotopic (exact) mass is 692 g/mol. The maximum absolute atomic E-state index is 13.5. The summed E-state index contributed by atoms with van der Waals surface area (Å²) < 4.78 is 27.1. The number of nitrogens with zero attached hydrogens (tertiary/aromatic N) is 3. The number of benzene rings is 4. The molecule has 0 spiro atoms. The Morgan fingerprint density at radius 3 is 2.45 bits per heavy atom.